The van der Waals surface area contributed by atoms with Gasteiger partial charge < -0.3 is 23.7 Å². The van der Waals surface area contributed by atoms with E-state index in [1.54, 1.807) is 42.7 Å². The zero-order valence-electron chi connectivity index (χ0n) is 34.3. The fourth-order valence-corrected chi connectivity index (χ4v) is 8.00. The van der Waals surface area contributed by atoms with E-state index < -0.39 is 0 Å². The largest absolute Gasteiger partial charge is 0.488 e. The van der Waals surface area contributed by atoms with Crippen LogP contribution in [0.5, 0.6) is 23.0 Å². The molecule has 4 aromatic carbocycles. The summed E-state index contributed by atoms with van der Waals surface area (Å²) in [6, 6.07) is 22.5. The molecule has 2 aromatic heterocycles. The number of aromatic nitrogens is 2. The minimum absolute atomic E-state index is 0.00890. The number of nitriles is 1. The SMILES string of the molecule is [C-]#[N+]c1cncc(COc2cc(OCc3cccc(-c4cccc(COc5cc(OCc6cncc(C#N)c6)c(C(C)=O)cc5Cl)c4Cl)c3Cl)c(Cl)cc2C(=O)CCC2CCCO2)c1. The van der Waals surface area contributed by atoms with Crippen LogP contribution in [0, 0.1) is 17.9 Å². The minimum atomic E-state index is -0.255. The van der Waals surface area contributed by atoms with E-state index in [1.807, 2.05) is 42.5 Å². The number of rotatable bonds is 18. The zero-order chi connectivity index (χ0) is 45.2. The van der Waals surface area contributed by atoms with Gasteiger partial charge in [0.15, 0.2) is 11.6 Å². The lowest BCUT2D eigenvalue weighted by Gasteiger charge is -2.17. The molecule has 1 aliphatic rings. The minimum Gasteiger partial charge on any atom is -0.488 e. The van der Waals surface area contributed by atoms with Crippen LogP contribution in [-0.2, 0) is 31.2 Å². The van der Waals surface area contributed by atoms with E-state index in [9.17, 15) is 14.9 Å². The van der Waals surface area contributed by atoms with Crippen molar-refractivity contribution in [2.24, 2.45) is 0 Å². The van der Waals surface area contributed by atoms with E-state index in [1.165, 1.54) is 25.4 Å². The molecule has 1 fully saturated rings. The molecule has 64 heavy (non-hydrogen) atoms. The normalized spacial score (nSPS) is 13.1. The number of carbonyl (C=O) groups excluding carboxylic acids is 2. The number of benzene rings is 4. The third-order valence-electron chi connectivity index (χ3n) is 10.3. The predicted molar refractivity (Wildman–Crippen MR) is 244 cm³/mol. The number of nitrogens with zero attached hydrogens (tertiary/aromatic N) is 4. The molecule has 0 radical (unpaired) electrons. The Labute approximate surface area is 390 Å². The second kappa shape index (κ2) is 21.5. The van der Waals surface area contributed by atoms with Crippen LogP contribution in [0.3, 0.4) is 0 Å². The van der Waals surface area contributed by atoms with Crippen LogP contribution in [0.15, 0.2) is 97.6 Å². The van der Waals surface area contributed by atoms with Crippen LogP contribution in [0.1, 0.15) is 81.1 Å². The van der Waals surface area contributed by atoms with Crippen molar-refractivity contribution in [1.29, 1.82) is 5.26 Å². The summed E-state index contributed by atoms with van der Waals surface area (Å²) in [5.74, 6) is 0.657. The molecular formula is C49H38Cl4N4O7. The van der Waals surface area contributed by atoms with E-state index in [0.29, 0.717) is 73.3 Å². The molecule has 1 unspecified atom stereocenters. The summed E-state index contributed by atoms with van der Waals surface area (Å²) in [6.07, 6.45) is 8.85. The molecule has 324 valence electrons. The van der Waals surface area contributed by atoms with Crippen LogP contribution < -0.4 is 18.9 Å². The van der Waals surface area contributed by atoms with Gasteiger partial charge in [-0.3, -0.25) is 19.6 Å². The molecule has 6 aromatic rings. The Hall–Kier alpha value is -6.18. The average molecular weight is 937 g/mol. The number of carbonyl (C=O) groups is 2. The van der Waals surface area contributed by atoms with E-state index in [2.05, 4.69) is 14.8 Å². The summed E-state index contributed by atoms with van der Waals surface area (Å²) >= 11 is 27.4. The van der Waals surface area contributed by atoms with Crippen molar-refractivity contribution in [3.8, 4) is 40.2 Å². The molecule has 11 nitrogen and oxygen atoms in total. The zero-order valence-corrected chi connectivity index (χ0v) is 37.4. The van der Waals surface area contributed by atoms with E-state index in [0.717, 1.165) is 12.8 Å². The number of Topliss-reactive ketones (excluding diaryl/α,β-unsaturated/α-hetero) is 2. The quantitative estimate of drug-likeness (QED) is 0.0605. The molecule has 1 atom stereocenters. The lowest BCUT2D eigenvalue weighted by atomic mass is 10.0. The molecule has 1 saturated heterocycles. The van der Waals surface area contributed by atoms with Gasteiger partial charge in [-0.15, -0.1) is 0 Å². The average Bonchev–Trinajstić information content (AvgIpc) is 3.84. The number of hydrogen-bond acceptors (Lipinski definition) is 10. The summed E-state index contributed by atoms with van der Waals surface area (Å²) < 4.78 is 30.3. The topological polar surface area (TPSA) is 134 Å². The monoisotopic (exact) mass is 934 g/mol. The highest BCUT2D eigenvalue weighted by Crippen LogP contribution is 2.40. The van der Waals surface area contributed by atoms with Gasteiger partial charge in [-0.25, -0.2) is 4.85 Å². The molecule has 7 rings (SSSR count). The Morgan fingerprint density at radius 3 is 1.88 bits per heavy atom. The number of halogens is 4. The molecule has 0 amide bonds. The maximum absolute atomic E-state index is 13.6. The standard InChI is InChI=1S/C49H38Cl4N4O7/c1-29(58)39-16-41(50)46(18-44(39)61-25-31-14-30(20-54)21-56-22-31)63-27-33-6-3-9-37(48(33)52)38-10-4-7-34(49(38)53)28-64-47-19-45(62-26-32-15-35(55-2)24-57-23-32)40(17-42(47)51)43(59)12-11-36-8-5-13-60-36/h3-4,6-7,9-10,14-19,21-24,36H,5,8,11-13,25-28H2,1H3. The number of hydrogen-bond donors (Lipinski definition) is 0. The first-order valence-corrected chi connectivity index (χ1v) is 21.6. The van der Waals surface area contributed by atoms with Gasteiger partial charge >= 0.3 is 0 Å². The molecule has 1 aliphatic heterocycles. The van der Waals surface area contributed by atoms with Crippen molar-refractivity contribution in [2.45, 2.75) is 65.1 Å². The van der Waals surface area contributed by atoms with Gasteiger partial charge in [0.25, 0.3) is 0 Å². The van der Waals surface area contributed by atoms with Crippen LogP contribution in [0.25, 0.3) is 16.0 Å². The third-order valence-corrected chi connectivity index (χ3v) is 11.8. The highest BCUT2D eigenvalue weighted by Gasteiger charge is 2.23. The first-order chi connectivity index (χ1) is 31.0. The van der Waals surface area contributed by atoms with Crippen molar-refractivity contribution in [2.75, 3.05) is 6.61 Å². The first kappa shape index (κ1) is 45.8. The highest BCUT2D eigenvalue weighted by atomic mass is 35.5. The second-order valence-corrected chi connectivity index (χ2v) is 16.3. The number of ether oxygens (including phenoxy) is 5. The van der Waals surface area contributed by atoms with E-state index in [4.69, 9.17) is 76.7 Å². The highest BCUT2D eigenvalue weighted by molar-refractivity contribution is 6.37. The Morgan fingerprint density at radius 2 is 1.31 bits per heavy atom. The van der Waals surface area contributed by atoms with Crippen LogP contribution in [-0.4, -0.2) is 34.2 Å². The van der Waals surface area contributed by atoms with Gasteiger partial charge in [0.1, 0.15) is 55.5 Å². The maximum atomic E-state index is 13.6. The van der Waals surface area contributed by atoms with Crippen LogP contribution >= 0.6 is 46.4 Å². The molecule has 0 N–H and O–H groups in total. The number of pyridine rings is 2. The molecule has 3 heterocycles. The Balaban J connectivity index is 1.08. The van der Waals surface area contributed by atoms with Gasteiger partial charge in [-0.05, 0) is 56.0 Å². The Kier molecular flexibility index (Phi) is 15.4. The summed E-state index contributed by atoms with van der Waals surface area (Å²) in [7, 11) is 0. The molecular weight excluding hydrogens is 898 g/mol. The first-order valence-electron chi connectivity index (χ1n) is 20.1. The molecule has 0 spiro atoms. The summed E-state index contributed by atoms with van der Waals surface area (Å²) in [5.41, 5.74) is 5.17. The van der Waals surface area contributed by atoms with E-state index in [-0.39, 0.29) is 89.1 Å². The van der Waals surface area contributed by atoms with E-state index >= 15 is 0 Å². The smallest absolute Gasteiger partial charge is 0.205 e. The van der Waals surface area contributed by atoms with Gasteiger partial charge in [-0.2, -0.15) is 5.26 Å². The molecule has 0 aliphatic carbocycles. The number of ketones is 2. The van der Waals surface area contributed by atoms with Gasteiger partial charge in [0.05, 0.1) is 49.5 Å². The maximum Gasteiger partial charge on any atom is 0.205 e. The lowest BCUT2D eigenvalue weighted by Crippen LogP contribution is -2.11. The van der Waals surface area contributed by atoms with Crippen molar-refractivity contribution in [3.05, 3.63) is 168 Å². The van der Waals surface area contributed by atoms with Crippen molar-refractivity contribution >= 4 is 63.7 Å². The molecule has 15 heteroatoms. The Bertz CT molecular complexity index is 2800. The Morgan fingerprint density at radius 1 is 0.750 bits per heavy atom. The second-order valence-electron chi connectivity index (χ2n) is 14.8. The predicted octanol–water partition coefficient (Wildman–Crippen LogP) is 12.8. The fraction of sp³-hybridized carbons (Fsp3) is 0.224. The van der Waals surface area contributed by atoms with Gasteiger partial charge in [0, 0.05) is 77.8 Å². The van der Waals surface area contributed by atoms with Gasteiger partial charge in [-0.1, -0.05) is 82.8 Å². The van der Waals surface area contributed by atoms with Crippen LogP contribution in [0.2, 0.25) is 20.1 Å². The van der Waals surface area contributed by atoms with Crippen molar-refractivity contribution in [3.63, 3.8) is 0 Å². The lowest BCUT2D eigenvalue weighted by molar-refractivity contribution is 0.0856. The van der Waals surface area contributed by atoms with Gasteiger partial charge in [0.2, 0.25) is 5.69 Å². The fourth-order valence-electron chi connectivity index (χ4n) is 6.99. The van der Waals surface area contributed by atoms with Crippen molar-refractivity contribution in [1.82, 2.24) is 9.97 Å². The molecule has 0 saturated carbocycles. The summed E-state index contributed by atoms with van der Waals surface area (Å²) in [5, 5.41) is 10.4. The molecule has 0 bridgehead atoms. The third kappa shape index (κ3) is 11.3. The van der Waals surface area contributed by atoms with Crippen molar-refractivity contribution < 1.29 is 33.3 Å². The summed E-state index contributed by atoms with van der Waals surface area (Å²) in [6.45, 7) is 9.56. The van der Waals surface area contributed by atoms with Crippen LogP contribution in [0.4, 0.5) is 5.69 Å². The summed E-state index contributed by atoms with van der Waals surface area (Å²) in [4.78, 5) is 37.7.